The minimum Gasteiger partial charge on any atom is -0.457 e. The van der Waals surface area contributed by atoms with E-state index in [1.807, 2.05) is 84.9 Å². The van der Waals surface area contributed by atoms with Crippen molar-refractivity contribution in [2.75, 3.05) is 0 Å². The lowest BCUT2D eigenvalue weighted by Crippen LogP contribution is -2.05. The fraction of sp³-hybridized carbons (Fsp3) is 0.0385. The zero-order valence-corrected chi connectivity index (χ0v) is 16.2. The van der Waals surface area contributed by atoms with Crippen molar-refractivity contribution in [2.45, 2.75) is 6.61 Å². The molecule has 0 aliphatic heterocycles. The van der Waals surface area contributed by atoms with E-state index in [9.17, 15) is 4.79 Å². The fourth-order valence-corrected chi connectivity index (χ4v) is 2.87. The van der Waals surface area contributed by atoms with Crippen LogP contribution in [0, 0.1) is 0 Å². The van der Waals surface area contributed by atoms with E-state index < -0.39 is 5.97 Å². The molecule has 0 radical (unpaired) electrons. The number of ether oxygens (including phenoxy) is 3. The van der Waals surface area contributed by atoms with E-state index in [0.29, 0.717) is 22.8 Å². The Balaban J connectivity index is 1.38. The molecular formula is C26H20O4. The molecule has 0 aromatic heterocycles. The fourth-order valence-electron chi connectivity index (χ4n) is 2.87. The third-order valence-electron chi connectivity index (χ3n) is 4.30. The van der Waals surface area contributed by atoms with Gasteiger partial charge in [0, 0.05) is 0 Å². The van der Waals surface area contributed by atoms with Crippen LogP contribution in [-0.2, 0) is 11.3 Å². The molecule has 4 rings (SSSR count). The van der Waals surface area contributed by atoms with Gasteiger partial charge in [-0.1, -0.05) is 54.6 Å². The molecule has 4 aromatic carbocycles. The lowest BCUT2D eigenvalue weighted by molar-refractivity contribution is 0.0472. The van der Waals surface area contributed by atoms with E-state index in [0.717, 1.165) is 11.3 Å². The number of hydrogen-bond acceptors (Lipinski definition) is 4. The second-order valence-corrected chi connectivity index (χ2v) is 6.58. The van der Waals surface area contributed by atoms with E-state index in [2.05, 4.69) is 0 Å². The maximum atomic E-state index is 12.5. The lowest BCUT2D eigenvalue weighted by atomic mass is 10.2. The van der Waals surface area contributed by atoms with Gasteiger partial charge in [-0.2, -0.15) is 0 Å². The molecule has 148 valence electrons. The standard InChI is InChI=1S/C26H20O4/c27-26(21-10-8-16-25(18-21)30-23-13-5-2-6-14-23)28-19-20-9-7-15-24(17-20)29-22-11-3-1-4-12-22/h1-18H,19H2. The number of para-hydroxylation sites is 2. The van der Waals surface area contributed by atoms with Crippen LogP contribution < -0.4 is 9.47 Å². The first-order valence-electron chi connectivity index (χ1n) is 9.58. The molecule has 0 amide bonds. The summed E-state index contributed by atoms with van der Waals surface area (Å²) >= 11 is 0. The average Bonchev–Trinajstić information content (AvgIpc) is 2.79. The van der Waals surface area contributed by atoms with E-state index in [1.54, 1.807) is 24.3 Å². The van der Waals surface area contributed by atoms with Crippen molar-refractivity contribution in [1.29, 1.82) is 0 Å². The third-order valence-corrected chi connectivity index (χ3v) is 4.30. The van der Waals surface area contributed by atoms with Crippen molar-refractivity contribution >= 4 is 5.97 Å². The van der Waals surface area contributed by atoms with Gasteiger partial charge in [0.05, 0.1) is 5.56 Å². The molecule has 0 spiro atoms. The highest BCUT2D eigenvalue weighted by Gasteiger charge is 2.10. The molecule has 0 fully saturated rings. The summed E-state index contributed by atoms with van der Waals surface area (Å²) in [5.41, 5.74) is 1.27. The van der Waals surface area contributed by atoms with Crippen LogP contribution in [-0.4, -0.2) is 5.97 Å². The van der Waals surface area contributed by atoms with E-state index in [4.69, 9.17) is 14.2 Å². The summed E-state index contributed by atoms with van der Waals surface area (Å²) in [6.45, 7) is 0.147. The quantitative estimate of drug-likeness (QED) is 0.329. The molecule has 0 aliphatic carbocycles. The van der Waals surface area contributed by atoms with Crippen LogP contribution in [0.2, 0.25) is 0 Å². The van der Waals surface area contributed by atoms with Crippen molar-refractivity contribution in [1.82, 2.24) is 0 Å². The van der Waals surface area contributed by atoms with Gasteiger partial charge in [-0.25, -0.2) is 4.79 Å². The van der Waals surface area contributed by atoms with Crippen molar-refractivity contribution in [3.05, 3.63) is 120 Å². The summed E-state index contributed by atoms with van der Waals surface area (Å²) in [5, 5.41) is 0. The zero-order valence-electron chi connectivity index (χ0n) is 16.2. The second-order valence-electron chi connectivity index (χ2n) is 6.58. The molecule has 0 aliphatic rings. The summed E-state index contributed by atoms with van der Waals surface area (Å²) in [7, 11) is 0. The Morgan fingerprint density at radius 1 is 0.567 bits per heavy atom. The number of carbonyl (C=O) groups is 1. The highest BCUT2D eigenvalue weighted by Crippen LogP contribution is 2.24. The SMILES string of the molecule is O=C(OCc1cccc(Oc2ccccc2)c1)c1cccc(Oc2ccccc2)c1. The molecule has 0 heterocycles. The second kappa shape index (κ2) is 9.43. The smallest absolute Gasteiger partial charge is 0.338 e. The maximum Gasteiger partial charge on any atom is 0.338 e. The summed E-state index contributed by atoms with van der Waals surface area (Å²) in [5.74, 6) is 2.31. The number of hydrogen-bond donors (Lipinski definition) is 0. The number of carbonyl (C=O) groups excluding carboxylic acids is 1. The number of rotatable bonds is 7. The summed E-state index contributed by atoms with van der Waals surface area (Å²) < 4.78 is 17.1. The molecule has 0 N–H and O–H groups in total. The third kappa shape index (κ3) is 5.26. The Kier molecular flexibility index (Phi) is 6.06. The predicted molar refractivity (Wildman–Crippen MR) is 115 cm³/mol. The van der Waals surface area contributed by atoms with Crippen LogP contribution in [0.25, 0.3) is 0 Å². The van der Waals surface area contributed by atoms with Crippen LogP contribution in [0.4, 0.5) is 0 Å². The molecule has 0 unspecified atom stereocenters. The zero-order chi connectivity index (χ0) is 20.6. The summed E-state index contributed by atoms with van der Waals surface area (Å²) in [6, 6.07) is 33.4. The minimum absolute atomic E-state index is 0.147. The first-order chi connectivity index (χ1) is 14.8. The van der Waals surface area contributed by atoms with E-state index in [1.165, 1.54) is 0 Å². The summed E-state index contributed by atoms with van der Waals surface area (Å²) in [6.07, 6.45) is 0. The Bertz CT molecular complexity index is 1110. The highest BCUT2D eigenvalue weighted by molar-refractivity contribution is 5.89. The van der Waals surface area contributed by atoms with Crippen molar-refractivity contribution in [2.24, 2.45) is 0 Å². The maximum absolute atomic E-state index is 12.5. The summed E-state index contributed by atoms with van der Waals surface area (Å²) in [4.78, 5) is 12.5. The van der Waals surface area contributed by atoms with Crippen LogP contribution in [0.15, 0.2) is 109 Å². The topological polar surface area (TPSA) is 44.8 Å². The molecule has 30 heavy (non-hydrogen) atoms. The molecule has 4 nitrogen and oxygen atoms in total. The average molecular weight is 396 g/mol. The Morgan fingerprint density at radius 2 is 1.10 bits per heavy atom. The normalized spacial score (nSPS) is 10.3. The molecular weight excluding hydrogens is 376 g/mol. The van der Waals surface area contributed by atoms with Gasteiger partial charge in [0.2, 0.25) is 0 Å². The molecule has 0 atom stereocenters. The van der Waals surface area contributed by atoms with Gasteiger partial charge < -0.3 is 14.2 Å². The van der Waals surface area contributed by atoms with Crippen LogP contribution in [0.5, 0.6) is 23.0 Å². The van der Waals surface area contributed by atoms with Gasteiger partial charge in [-0.3, -0.25) is 0 Å². The molecule has 0 saturated heterocycles. The van der Waals surface area contributed by atoms with Gasteiger partial charge in [0.25, 0.3) is 0 Å². The molecule has 0 bridgehead atoms. The molecule has 0 saturated carbocycles. The predicted octanol–water partition coefficient (Wildman–Crippen LogP) is 6.63. The molecule has 4 aromatic rings. The van der Waals surface area contributed by atoms with E-state index in [-0.39, 0.29) is 6.61 Å². The van der Waals surface area contributed by atoms with Crippen LogP contribution in [0.3, 0.4) is 0 Å². The van der Waals surface area contributed by atoms with Crippen molar-refractivity contribution in [3.63, 3.8) is 0 Å². The van der Waals surface area contributed by atoms with Gasteiger partial charge in [0.15, 0.2) is 0 Å². The Morgan fingerprint density at radius 3 is 1.73 bits per heavy atom. The van der Waals surface area contributed by atoms with Gasteiger partial charge in [-0.15, -0.1) is 0 Å². The van der Waals surface area contributed by atoms with Crippen molar-refractivity contribution in [3.8, 4) is 23.0 Å². The highest BCUT2D eigenvalue weighted by atomic mass is 16.5. The first kappa shape index (κ1) is 19.3. The first-order valence-corrected chi connectivity index (χ1v) is 9.58. The lowest BCUT2D eigenvalue weighted by Gasteiger charge is -2.10. The Hall–Kier alpha value is -4.05. The number of esters is 1. The molecule has 4 heteroatoms. The number of benzene rings is 4. The monoisotopic (exact) mass is 396 g/mol. The van der Waals surface area contributed by atoms with Crippen molar-refractivity contribution < 1.29 is 19.0 Å². The largest absolute Gasteiger partial charge is 0.457 e. The Labute approximate surface area is 175 Å². The van der Waals surface area contributed by atoms with Crippen LogP contribution in [0.1, 0.15) is 15.9 Å². The minimum atomic E-state index is -0.414. The van der Waals surface area contributed by atoms with Gasteiger partial charge >= 0.3 is 5.97 Å². The van der Waals surface area contributed by atoms with Crippen LogP contribution >= 0.6 is 0 Å². The van der Waals surface area contributed by atoms with Gasteiger partial charge in [0.1, 0.15) is 29.6 Å². The van der Waals surface area contributed by atoms with Gasteiger partial charge in [-0.05, 0) is 60.2 Å². The van der Waals surface area contributed by atoms with E-state index >= 15 is 0 Å².